The molecule has 1 saturated heterocycles. The Kier molecular flexibility index (Phi) is 9.51. The van der Waals surface area contributed by atoms with Gasteiger partial charge in [0.15, 0.2) is 0 Å². The van der Waals surface area contributed by atoms with Gasteiger partial charge in [-0.2, -0.15) is 0 Å². The summed E-state index contributed by atoms with van der Waals surface area (Å²) in [4.78, 5) is 37.7. The van der Waals surface area contributed by atoms with E-state index in [-0.39, 0.29) is 36.4 Å². The molecule has 1 aliphatic rings. The number of imide groups is 1. The molecule has 0 aromatic heterocycles. The summed E-state index contributed by atoms with van der Waals surface area (Å²) in [6, 6.07) is 2.52. The van der Waals surface area contributed by atoms with E-state index < -0.39 is 23.7 Å². The summed E-state index contributed by atoms with van der Waals surface area (Å²) >= 11 is 5.89. The molecule has 1 aromatic carbocycles. The molecule has 0 saturated carbocycles. The molecule has 1 aromatic rings. The summed E-state index contributed by atoms with van der Waals surface area (Å²) in [6.45, 7) is 3.12. The van der Waals surface area contributed by atoms with Crippen LogP contribution in [-0.4, -0.2) is 63.2 Å². The summed E-state index contributed by atoms with van der Waals surface area (Å²) in [5, 5.41) is 4.69. The lowest BCUT2D eigenvalue weighted by Gasteiger charge is -2.34. The van der Waals surface area contributed by atoms with Crippen molar-refractivity contribution in [1.82, 2.24) is 15.5 Å². The number of halogens is 2. The van der Waals surface area contributed by atoms with Crippen LogP contribution in [0.3, 0.4) is 0 Å². The van der Waals surface area contributed by atoms with Gasteiger partial charge >= 0.3 is 6.03 Å². The van der Waals surface area contributed by atoms with E-state index in [2.05, 4.69) is 10.6 Å². The summed E-state index contributed by atoms with van der Waals surface area (Å²) in [5.74, 6) is -1.09. The first-order valence-corrected chi connectivity index (χ1v) is 10.5. The third-order valence-corrected chi connectivity index (χ3v) is 5.66. The fourth-order valence-corrected chi connectivity index (χ4v) is 3.66. The number of nitrogens with one attached hydrogen (secondary N) is 2. The molecule has 1 aliphatic heterocycles. The molecule has 0 bridgehead atoms. The number of piperidine rings is 1. The Bertz CT molecular complexity index is 799. The number of benzene rings is 1. The molecule has 0 spiro atoms. The normalized spacial score (nSPS) is 15.3. The highest BCUT2D eigenvalue weighted by atomic mass is 35.5. The van der Waals surface area contributed by atoms with Crippen LogP contribution in [-0.2, 0) is 14.3 Å². The molecule has 4 amide bonds. The molecule has 1 fully saturated rings. The molecule has 10 heteroatoms. The quantitative estimate of drug-likeness (QED) is 0.625. The molecular weight excluding hydrogens is 429 g/mol. The van der Waals surface area contributed by atoms with Crippen LogP contribution in [0.4, 0.5) is 9.18 Å². The van der Waals surface area contributed by atoms with Crippen LogP contribution < -0.4 is 15.4 Å². The maximum Gasteiger partial charge on any atom is 0.321 e. The first-order valence-electron chi connectivity index (χ1n) is 10.1. The fourth-order valence-electron chi connectivity index (χ4n) is 3.47. The van der Waals surface area contributed by atoms with Crippen LogP contribution in [0, 0.1) is 11.7 Å². The van der Waals surface area contributed by atoms with Gasteiger partial charge in [0.05, 0.1) is 26.1 Å². The maximum absolute atomic E-state index is 14.0. The maximum atomic E-state index is 14.0. The van der Waals surface area contributed by atoms with Crippen LogP contribution >= 0.6 is 11.6 Å². The van der Waals surface area contributed by atoms with E-state index >= 15 is 0 Å². The highest BCUT2D eigenvalue weighted by Crippen LogP contribution is 2.35. The second kappa shape index (κ2) is 11.9. The Hall–Kier alpha value is -2.39. The van der Waals surface area contributed by atoms with Crippen molar-refractivity contribution in [2.24, 2.45) is 5.92 Å². The van der Waals surface area contributed by atoms with E-state index in [9.17, 15) is 18.8 Å². The number of amides is 4. The van der Waals surface area contributed by atoms with Crippen LogP contribution in [0.1, 0.15) is 37.7 Å². The smallest absolute Gasteiger partial charge is 0.321 e. The molecule has 31 heavy (non-hydrogen) atoms. The average Bonchev–Trinajstić information content (AvgIpc) is 2.77. The van der Waals surface area contributed by atoms with Crippen molar-refractivity contribution in [3.8, 4) is 5.75 Å². The monoisotopic (exact) mass is 457 g/mol. The van der Waals surface area contributed by atoms with Crippen molar-refractivity contribution < 1.29 is 28.2 Å². The van der Waals surface area contributed by atoms with Gasteiger partial charge in [0.2, 0.25) is 11.8 Å². The number of carbonyl (C=O) groups excluding carboxylic acids is 3. The zero-order chi connectivity index (χ0) is 23.0. The van der Waals surface area contributed by atoms with Crippen molar-refractivity contribution in [1.29, 1.82) is 0 Å². The van der Waals surface area contributed by atoms with Gasteiger partial charge < -0.3 is 19.7 Å². The number of likely N-dealkylation sites (tertiary alicyclic amines) is 1. The SMILES string of the molecule is COCCC(=O)NC(=O)NC[C@@H](C)C(=O)N1CCC(c2cc(F)c(Cl)c(OC)c2)CC1. The Labute approximate surface area is 186 Å². The minimum Gasteiger partial charge on any atom is -0.495 e. The fraction of sp³-hybridized carbons (Fsp3) is 0.571. The molecule has 0 unspecified atom stereocenters. The van der Waals surface area contributed by atoms with Gasteiger partial charge in [0, 0.05) is 26.7 Å². The minimum atomic E-state index is -0.641. The summed E-state index contributed by atoms with van der Waals surface area (Å²) in [7, 11) is 2.91. The standard InChI is InChI=1S/C21H29ClFN3O5/c1-13(12-24-21(29)25-18(27)6-9-30-2)20(28)26-7-4-14(5-8-26)15-10-16(23)19(22)17(11-15)31-3/h10-11,13-14H,4-9,12H2,1-3H3,(H2,24,25,27,29)/t13-/m1/s1. The van der Waals surface area contributed by atoms with E-state index in [1.54, 1.807) is 17.9 Å². The topological polar surface area (TPSA) is 97.0 Å². The van der Waals surface area contributed by atoms with E-state index in [1.807, 2.05) is 0 Å². The Morgan fingerprint density at radius 2 is 1.94 bits per heavy atom. The van der Waals surface area contributed by atoms with Crippen LogP contribution in [0.5, 0.6) is 5.75 Å². The lowest BCUT2D eigenvalue weighted by molar-refractivity contribution is -0.135. The van der Waals surface area contributed by atoms with E-state index in [0.717, 1.165) is 5.56 Å². The molecule has 8 nitrogen and oxygen atoms in total. The van der Waals surface area contributed by atoms with Crippen LogP contribution in [0.15, 0.2) is 12.1 Å². The third kappa shape index (κ3) is 7.07. The largest absolute Gasteiger partial charge is 0.495 e. The van der Waals surface area contributed by atoms with Crippen molar-refractivity contribution in [3.05, 3.63) is 28.5 Å². The number of urea groups is 1. The molecule has 2 N–H and O–H groups in total. The molecule has 2 rings (SSSR count). The second-order valence-corrected chi connectivity index (χ2v) is 7.90. The Morgan fingerprint density at radius 3 is 2.55 bits per heavy atom. The first-order chi connectivity index (χ1) is 14.8. The Balaban J connectivity index is 1.81. The van der Waals surface area contributed by atoms with E-state index in [1.165, 1.54) is 20.3 Å². The number of rotatable bonds is 8. The zero-order valence-electron chi connectivity index (χ0n) is 18.0. The van der Waals surface area contributed by atoms with Gasteiger partial charge in [-0.1, -0.05) is 18.5 Å². The van der Waals surface area contributed by atoms with Crippen LogP contribution in [0.2, 0.25) is 5.02 Å². The van der Waals surface area contributed by atoms with Crippen molar-refractivity contribution in [2.75, 3.05) is 40.5 Å². The van der Waals surface area contributed by atoms with Gasteiger partial charge in [-0.05, 0) is 36.5 Å². The lowest BCUT2D eigenvalue weighted by atomic mass is 9.88. The number of carbonyl (C=O) groups is 3. The molecule has 172 valence electrons. The van der Waals surface area contributed by atoms with Gasteiger partial charge in [-0.3, -0.25) is 14.9 Å². The second-order valence-electron chi connectivity index (χ2n) is 7.52. The summed E-state index contributed by atoms with van der Waals surface area (Å²) in [5.41, 5.74) is 0.801. The summed E-state index contributed by atoms with van der Waals surface area (Å²) in [6.07, 6.45) is 1.45. The molecular formula is C21H29ClFN3O5. The predicted molar refractivity (Wildman–Crippen MR) is 114 cm³/mol. The van der Waals surface area contributed by atoms with Crippen LogP contribution in [0.25, 0.3) is 0 Å². The van der Waals surface area contributed by atoms with Gasteiger partial charge in [-0.15, -0.1) is 0 Å². The average molecular weight is 458 g/mol. The van der Waals surface area contributed by atoms with Gasteiger partial charge in [0.1, 0.15) is 16.6 Å². The predicted octanol–water partition coefficient (Wildman–Crippen LogP) is 2.69. The van der Waals surface area contributed by atoms with Crippen molar-refractivity contribution in [2.45, 2.75) is 32.1 Å². The van der Waals surface area contributed by atoms with E-state index in [4.69, 9.17) is 21.1 Å². The number of methoxy groups -OCH3 is 2. The third-order valence-electron chi connectivity index (χ3n) is 5.29. The number of hydrogen-bond donors (Lipinski definition) is 2. The number of nitrogens with zero attached hydrogens (tertiary/aromatic N) is 1. The zero-order valence-corrected chi connectivity index (χ0v) is 18.8. The molecule has 1 atom stereocenters. The highest BCUT2D eigenvalue weighted by Gasteiger charge is 2.28. The first kappa shape index (κ1) is 24.9. The molecule has 0 radical (unpaired) electrons. The molecule has 1 heterocycles. The highest BCUT2D eigenvalue weighted by molar-refractivity contribution is 6.32. The Morgan fingerprint density at radius 1 is 1.26 bits per heavy atom. The van der Waals surface area contributed by atoms with E-state index in [0.29, 0.717) is 31.7 Å². The minimum absolute atomic E-state index is 0.0374. The lowest BCUT2D eigenvalue weighted by Crippen LogP contribution is -2.46. The van der Waals surface area contributed by atoms with Gasteiger partial charge in [0.25, 0.3) is 0 Å². The number of ether oxygens (including phenoxy) is 2. The van der Waals surface area contributed by atoms with Crippen molar-refractivity contribution in [3.63, 3.8) is 0 Å². The molecule has 0 aliphatic carbocycles. The number of hydrogen-bond acceptors (Lipinski definition) is 5. The van der Waals surface area contributed by atoms with Crippen molar-refractivity contribution >= 4 is 29.4 Å². The van der Waals surface area contributed by atoms with Gasteiger partial charge in [-0.25, -0.2) is 9.18 Å². The summed E-state index contributed by atoms with van der Waals surface area (Å²) < 4.78 is 23.9.